The molecule has 3 heterocycles. The fraction of sp³-hybridized carbons (Fsp3) is 0.421. The van der Waals surface area contributed by atoms with Gasteiger partial charge in [0, 0.05) is 36.2 Å². The molecule has 3 aromatic rings. The summed E-state index contributed by atoms with van der Waals surface area (Å²) in [7, 11) is 0. The number of H-pyrrole nitrogens is 1. The minimum atomic E-state index is -0.0734. The van der Waals surface area contributed by atoms with Crippen LogP contribution in [-0.2, 0) is 22.4 Å². The molecule has 0 radical (unpaired) electrons. The van der Waals surface area contributed by atoms with Gasteiger partial charge in [0.15, 0.2) is 5.82 Å². The molecule has 0 unspecified atom stereocenters. The van der Waals surface area contributed by atoms with Gasteiger partial charge in [-0.3, -0.25) is 4.79 Å². The maximum Gasteiger partial charge on any atom is 0.255 e. The van der Waals surface area contributed by atoms with Crippen LogP contribution < -0.4 is 5.32 Å². The van der Waals surface area contributed by atoms with Crippen LogP contribution >= 0.6 is 0 Å². The van der Waals surface area contributed by atoms with E-state index >= 15 is 0 Å². The second kappa shape index (κ2) is 7.29. The van der Waals surface area contributed by atoms with Crippen molar-refractivity contribution in [2.24, 2.45) is 0 Å². The SMILES string of the molecule is Cc1[nH]c2ccccc2c1CC(=O)NCCc1noc([C@@H]2CCCO2)n1. The quantitative estimate of drug-likeness (QED) is 0.710. The molecular weight excluding hydrogens is 332 g/mol. The lowest BCUT2D eigenvalue weighted by Gasteiger charge is -2.04. The molecule has 0 bridgehead atoms. The lowest BCUT2D eigenvalue weighted by molar-refractivity contribution is -0.120. The molecule has 7 heteroatoms. The van der Waals surface area contributed by atoms with Crippen molar-refractivity contribution in [1.82, 2.24) is 20.4 Å². The summed E-state index contributed by atoms with van der Waals surface area (Å²) in [6.07, 6.45) is 2.75. The van der Waals surface area contributed by atoms with Crippen molar-refractivity contribution in [2.75, 3.05) is 13.2 Å². The third-order valence-corrected chi connectivity index (χ3v) is 4.72. The zero-order valence-corrected chi connectivity index (χ0v) is 14.7. The van der Waals surface area contributed by atoms with E-state index in [0.717, 1.165) is 41.6 Å². The summed E-state index contributed by atoms with van der Waals surface area (Å²) >= 11 is 0. The van der Waals surface area contributed by atoms with Gasteiger partial charge in [0.2, 0.25) is 5.91 Å². The van der Waals surface area contributed by atoms with E-state index in [1.54, 1.807) is 0 Å². The Morgan fingerprint density at radius 2 is 2.27 bits per heavy atom. The highest BCUT2D eigenvalue weighted by Gasteiger charge is 2.23. The summed E-state index contributed by atoms with van der Waals surface area (Å²) < 4.78 is 10.8. The lowest BCUT2D eigenvalue weighted by Crippen LogP contribution is -2.27. The van der Waals surface area contributed by atoms with Gasteiger partial charge in [0.1, 0.15) is 6.10 Å². The van der Waals surface area contributed by atoms with Gasteiger partial charge in [-0.15, -0.1) is 0 Å². The summed E-state index contributed by atoms with van der Waals surface area (Å²) in [6, 6.07) is 8.02. The number of fused-ring (bicyclic) bond motifs is 1. The van der Waals surface area contributed by atoms with Crippen molar-refractivity contribution in [3.8, 4) is 0 Å². The van der Waals surface area contributed by atoms with Crippen LogP contribution in [0.3, 0.4) is 0 Å². The molecule has 0 aliphatic carbocycles. The van der Waals surface area contributed by atoms with Gasteiger partial charge in [-0.2, -0.15) is 4.98 Å². The maximum atomic E-state index is 12.3. The van der Waals surface area contributed by atoms with Crippen LogP contribution in [0.5, 0.6) is 0 Å². The van der Waals surface area contributed by atoms with E-state index in [-0.39, 0.29) is 12.0 Å². The molecule has 1 aromatic carbocycles. The van der Waals surface area contributed by atoms with E-state index in [1.165, 1.54) is 0 Å². The minimum absolute atomic E-state index is 0.0132. The molecule has 7 nitrogen and oxygen atoms in total. The summed E-state index contributed by atoms with van der Waals surface area (Å²) in [4.78, 5) is 20.0. The van der Waals surface area contributed by atoms with E-state index < -0.39 is 0 Å². The molecule has 1 atom stereocenters. The highest BCUT2D eigenvalue weighted by molar-refractivity contribution is 5.90. The van der Waals surface area contributed by atoms with Crippen LogP contribution in [0.2, 0.25) is 0 Å². The molecule has 0 saturated carbocycles. The first-order chi connectivity index (χ1) is 12.7. The van der Waals surface area contributed by atoms with Crippen LogP contribution in [0, 0.1) is 6.92 Å². The zero-order valence-electron chi connectivity index (χ0n) is 14.7. The van der Waals surface area contributed by atoms with Crippen molar-refractivity contribution in [3.05, 3.63) is 47.2 Å². The average Bonchev–Trinajstić information content (AvgIpc) is 3.36. The largest absolute Gasteiger partial charge is 0.368 e. The first-order valence-electron chi connectivity index (χ1n) is 8.97. The molecule has 1 fully saturated rings. The van der Waals surface area contributed by atoms with Gasteiger partial charge >= 0.3 is 0 Å². The molecule has 4 rings (SSSR count). The van der Waals surface area contributed by atoms with Crippen LogP contribution in [0.25, 0.3) is 10.9 Å². The Bertz CT molecular complexity index is 909. The number of nitrogens with one attached hydrogen (secondary N) is 2. The minimum Gasteiger partial charge on any atom is -0.368 e. The lowest BCUT2D eigenvalue weighted by atomic mass is 10.1. The van der Waals surface area contributed by atoms with Crippen molar-refractivity contribution in [2.45, 2.75) is 38.7 Å². The Kier molecular flexibility index (Phi) is 4.71. The van der Waals surface area contributed by atoms with Gasteiger partial charge in [0.25, 0.3) is 5.89 Å². The molecule has 2 aromatic heterocycles. The fourth-order valence-corrected chi connectivity index (χ4v) is 3.37. The number of para-hydroxylation sites is 1. The number of hydrogen-bond donors (Lipinski definition) is 2. The van der Waals surface area contributed by atoms with Crippen LogP contribution in [-0.4, -0.2) is 34.2 Å². The van der Waals surface area contributed by atoms with E-state index in [4.69, 9.17) is 9.26 Å². The molecule has 1 aliphatic heterocycles. The van der Waals surface area contributed by atoms with Gasteiger partial charge in [-0.25, -0.2) is 0 Å². The number of nitrogens with zero attached hydrogens (tertiary/aromatic N) is 2. The Balaban J connectivity index is 1.31. The highest BCUT2D eigenvalue weighted by atomic mass is 16.5. The molecular formula is C19H22N4O3. The molecule has 2 N–H and O–H groups in total. The zero-order chi connectivity index (χ0) is 17.9. The standard InChI is InChI=1S/C19H22N4O3/c1-12-14(13-5-2-3-6-15(13)21-12)11-18(24)20-9-8-17-22-19(26-23-17)16-7-4-10-25-16/h2-3,5-6,16,21H,4,7-11H2,1H3,(H,20,24)/t16-/m0/s1. The third-order valence-electron chi connectivity index (χ3n) is 4.72. The number of aromatic nitrogens is 3. The van der Waals surface area contributed by atoms with E-state index in [2.05, 4.69) is 20.4 Å². The van der Waals surface area contributed by atoms with E-state index in [1.807, 2.05) is 31.2 Å². The van der Waals surface area contributed by atoms with Crippen LogP contribution in [0.15, 0.2) is 28.8 Å². The summed E-state index contributed by atoms with van der Waals surface area (Å²) in [5.41, 5.74) is 3.13. The molecule has 136 valence electrons. The Morgan fingerprint density at radius 1 is 1.38 bits per heavy atom. The molecule has 26 heavy (non-hydrogen) atoms. The summed E-state index contributed by atoms with van der Waals surface area (Å²) in [6.45, 7) is 3.21. The predicted molar refractivity (Wildman–Crippen MR) is 95.7 cm³/mol. The van der Waals surface area contributed by atoms with Gasteiger partial charge < -0.3 is 19.6 Å². The Morgan fingerprint density at radius 3 is 3.12 bits per heavy atom. The third kappa shape index (κ3) is 3.48. The van der Waals surface area contributed by atoms with Gasteiger partial charge in [-0.1, -0.05) is 23.4 Å². The molecule has 1 aliphatic rings. The number of aryl methyl sites for hydroxylation is 1. The first kappa shape index (κ1) is 16.8. The predicted octanol–water partition coefficient (Wildman–Crippen LogP) is 2.61. The highest BCUT2D eigenvalue weighted by Crippen LogP contribution is 2.27. The van der Waals surface area contributed by atoms with E-state index in [0.29, 0.717) is 31.1 Å². The van der Waals surface area contributed by atoms with Gasteiger partial charge in [0.05, 0.1) is 6.42 Å². The van der Waals surface area contributed by atoms with Crippen molar-refractivity contribution >= 4 is 16.8 Å². The smallest absolute Gasteiger partial charge is 0.255 e. The number of ether oxygens (including phenoxy) is 1. The van der Waals surface area contributed by atoms with Crippen molar-refractivity contribution < 1.29 is 14.1 Å². The monoisotopic (exact) mass is 354 g/mol. The van der Waals surface area contributed by atoms with Crippen LogP contribution in [0.1, 0.15) is 41.9 Å². The number of amides is 1. The number of benzene rings is 1. The number of hydrogen-bond acceptors (Lipinski definition) is 5. The summed E-state index contributed by atoms with van der Waals surface area (Å²) in [5.74, 6) is 1.12. The maximum absolute atomic E-state index is 12.3. The van der Waals surface area contributed by atoms with E-state index in [9.17, 15) is 4.79 Å². The van der Waals surface area contributed by atoms with Crippen molar-refractivity contribution in [1.29, 1.82) is 0 Å². The second-order valence-electron chi connectivity index (χ2n) is 6.60. The molecule has 1 saturated heterocycles. The Labute approximate surface area is 151 Å². The first-order valence-corrected chi connectivity index (χ1v) is 8.97. The van der Waals surface area contributed by atoms with Crippen molar-refractivity contribution in [3.63, 3.8) is 0 Å². The topological polar surface area (TPSA) is 93.0 Å². The number of carbonyl (C=O) groups excluding carboxylic acids is 1. The fourth-order valence-electron chi connectivity index (χ4n) is 3.37. The van der Waals surface area contributed by atoms with Gasteiger partial charge in [-0.05, 0) is 31.4 Å². The number of carbonyl (C=O) groups is 1. The second-order valence-corrected chi connectivity index (χ2v) is 6.60. The number of aromatic amines is 1. The normalized spacial score (nSPS) is 17.0. The summed E-state index contributed by atoms with van der Waals surface area (Å²) in [5, 5.41) is 8.00. The molecule has 1 amide bonds. The average molecular weight is 354 g/mol. The van der Waals surface area contributed by atoms with Crippen LogP contribution in [0.4, 0.5) is 0 Å². The number of rotatable bonds is 6. The molecule has 0 spiro atoms. The Hall–Kier alpha value is -2.67.